The molecule has 0 radical (unpaired) electrons. The van der Waals surface area contributed by atoms with Gasteiger partial charge in [0.25, 0.3) is 0 Å². The number of anilines is 1. The van der Waals surface area contributed by atoms with Crippen LogP contribution in [0.25, 0.3) is 0 Å². The minimum absolute atomic E-state index is 0.0321. The Bertz CT molecular complexity index is 618. The summed E-state index contributed by atoms with van der Waals surface area (Å²) in [5.74, 6) is 1.40. The molecule has 124 valence electrons. The molecule has 2 aliphatic heterocycles. The molecule has 1 atom stereocenters. The molecule has 2 aliphatic rings. The van der Waals surface area contributed by atoms with E-state index in [1.165, 1.54) is 18.1 Å². The van der Waals surface area contributed by atoms with Crippen LogP contribution in [-0.4, -0.2) is 43.3 Å². The molecule has 5 nitrogen and oxygen atoms in total. The van der Waals surface area contributed by atoms with Crippen molar-refractivity contribution in [1.29, 1.82) is 0 Å². The Morgan fingerprint density at radius 3 is 2.78 bits per heavy atom. The minimum Gasteiger partial charge on any atom is -0.466 e. The van der Waals surface area contributed by atoms with Crippen LogP contribution in [0.1, 0.15) is 24.3 Å². The molecule has 2 heterocycles. The maximum atomic E-state index is 14.5. The third kappa shape index (κ3) is 3.29. The number of nitrogens with zero attached hydrogens (tertiary/aromatic N) is 1. The molecule has 1 aromatic carbocycles. The van der Waals surface area contributed by atoms with E-state index in [0.29, 0.717) is 11.3 Å². The van der Waals surface area contributed by atoms with Crippen LogP contribution < -0.4 is 4.90 Å². The topological polar surface area (TPSA) is 55.8 Å². The van der Waals surface area contributed by atoms with Crippen molar-refractivity contribution >= 4 is 29.5 Å². The van der Waals surface area contributed by atoms with Gasteiger partial charge >= 0.3 is 12.1 Å². The van der Waals surface area contributed by atoms with Crippen LogP contribution in [-0.2, 0) is 14.3 Å². The summed E-state index contributed by atoms with van der Waals surface area (Å²) in [5, 5.41) is 0. The van der Waals surface area contributed by atoms with Crippen LogP contribution in [0.4, 0.5) is 14.9 Å². The van der Waals surface area contributed by atoms with Gasteiger partial charge in [-0.1, -0.05) is 6.07 Å². The van der Waals surface area contributed by atoms with E-state index in [1.54, 1.807) is 12.1 Å². The third-order valence-electron chi connectivity index (χ3n) is 4.23. The summed E-state index contributed by atoms with van der Waals surface area (Å²) in [6, 6.07) is 4.79. The number of hydrogen-bond donors (Lipinski definition) is 0. The molecule has 7 heteroatoms. The van der Waals surface area contributed by atoms with Gasteiger partial charge in [0.05, 0.1) is 19.3 Å². The minimum atomic E-state index is -0.967. The lowest BCUT2D eigenvalue weighted by Crippen LogP contribution is -2.28. The van der Waals surface area contributed by atoms with Crippen LogP contribution in [0.15, 0.2) is 18.2 Å². The number of thioether (sulfide) groups is 1. The van der Waals surface area contributed by atoms with Crippen molar-refractivity contribution in [3.05, 3.63) is 29.6 Å². The fraction of sp³-hybridized carbons (Fsp3) is 0.500. The van der Waals surface area contributed by atoms with Gasteiger partial charge in [-0.2, -0.15) is 11.8 Å². The lowest BCUT2D eigenvalue weighted by molar-refractivity contribution is -0.148. The number of carbonyl (C=O) groups excluding carboxylic acids is 2. The number of cyclic esters (lactones) is 1. The Balaban J connectivity index is 1.77. The second kappa shape index (κ2) is 6.78. The zero-order valence-corrected chi connectivity index (χ0v) is 13.6. The van der Waals surface area contributed by atoms with E-state index >= 15 is 0 Å². The summed E-state index contributed by atoms with van der Waals surface area (Å²) in [5.41, 5.74) is 1.10. The van der Waals surface area contributed by atoms with Crippen LogP contribution in [0.2, 0.25) is 0 Å². The number of rotatable bonds is 3. The van der Waals surface area contributed by atoms with Gasteiger partial charge in [-0.3, -0.25) is 4.90 Å². The number of esters is 1. The van der Waals surface area contributed by atoms with Crippen molar-refractivity contribution in [2.75, 3.05) is 30.1 Å². The number of halogens is 1. The highest BCUT2D eigenvalue weighted by molar-refractivity contribution is 7.99. The van der Waals surface area contributed by atoms with Gasteiger partial charge in [-0.15, -0.1) is 0 Å². The molecule has 1 amide bonds. The molecule has 2 fully saturated rings. The van der Waals surface area contributed by atoms with Gasteiger partial charge in [-0.25, -0.2) is 14.0 Å². The second-order valence-electron chi connectivity index (χ2n) is 5.60. The Morgan fingerprint density at radius 2 is 2.13 bits per heavy atom. The number of carbonyl (C=O) groups is 2. The van der Waals surface area contributed by atoms with E-state index in [9.17, 15) is 14.0 Å². The smallest absolute Gasteiger partial charge is 0.415 e. The Labute approximate surface area is 138 Å². The molecular formula is C16H18FNO4S. The van der Waals surface area contributed by atoms with Gasteiger partial charge in [-0.05, 0) is 48.0 Å². The van der Waals surface area contributed by atoms with Gasteiger partial charge < -0.3 is 9.47 Å². The first kappa shape index (κ1) is 16.1. The number of ether oxygens (including phenoxy) is 2. The van der Waals surface area contributed by atoms with E-state index in [2.05, 4.69) is 4.74 Å². The SMILES string of the molecule is COC(=O)[C@H]1CN(c2ccc(C3CCSCC3)c(F)c2)C(=O)O1. The molecule has 0 unspecified atom stereocenters. The van der Waals surface area contributed by atoms with Crippen LogP contribution in [0.3, 0.4) is 0 Å². The lowest BCUT2D eigenvalue weighted by Gasteiger charge is -2.23. The largest absolute Gasteiger partial charge is 0.466 e. The molecule has 0 spiro atoms. The normalized spacial score (nSPS) is 22.1. The van der Waals surface area contributed by atoms with E-state index in [-0.39, 0.29) is 18.3 Å². The van der Waals surface area contributed by atoms with Gasteiger partial charge in [0.1, 0.15) is 5.82 Å². The molecule has 3 rings (SSSR count). The van der Waals surface area contributed by atoms with Crippen molar-refractivity contribution in [3.8, 4) is 0 Å². The van der Waals surface area contributed by atoms with E-state index in [1.807, 2.05) is 11.8 Å². The molecule has 2 saturated heterocycles. The van der Waals surface area contributed by atoms with Gasteiger partial charge in [0, 0.05) is 0 Å². The van der Waals surface area contributed by atoms with Crippen molar-refractivity contribution < 1.29 is 23.5 Å². The lowest BCUT2D eigenvalue weighted by atomic mass is 9.93. The van der Waals surface area contributed by atoms with Crippen molar-refractivity contribution in [2.24, 2.45) is 0 Å². The van der Waals surface area contributed by atoms with Crippen LogP contribution in [0, 0.1) is 5.82 Å². The highest BCUT2D eigenvalue weighted by Gasteiger charge is 2.38. The summed E-state index contributed by atoms with van der Waals surface area (Å²) in [4.78, 5) is 24.6. The van der Waals surface area contributed by atoms with Crippen molar-refractivity contribution in [1.82, 2.24) is 0 Å². The summed E-state index contributed by atoms with van der Waals surface area (Å²) >= 11 is 1.89. The average molecular weight is 339 g/mol. The summed E-state index contributed by atoms with van der Waals surface area (Å²) in [6.07, 6.45) is 0.306. The summed E-state index contributed by atoms with van der Waals surface area (Å²) < 4.78 is 24.0. The van der Waals surface area contributed by atoms with Crippen molar-refractivity contribution in [3.63, 3.8) is 0 Å². The standard InChI is InChI=1S/C16H18FNO4S/c1-21-15(19)14-9-18(16(20)22-14)11-2-3-12(13(17)8-11)10-4-6-23-7-5-10/h2-3,8,10,14H,4-7,9H2,1H3/t14-/m1/s1. The van der Waals surface area contributed by atoms with Crippen LogP contribution in [0.5, 0.6) is 0 Å². The molecule has 0 N–H and O–H groups in total. The van der Waals surface area contributed by atoms with E-state index < -0.39 is 18.2 Å². The first-order valence-electron chi connectivity index (χ1n) is 7.53. The first-order chi connectivity index (χ1) is 11.1. The highest BCUT2D eigenvalue weighted by Crippen LogP contribution is 2.34. The highest BCUT2D eigenvalue weighted by atomic mass is 32.2. The predicted octanol–water partition coefficient (Wildman–Crippen LogP) is 2.93. The molecular weight excluding hydrogens is 321 g/mol. The molecule has 23 heavy (non-hydrogen) atoms. The zero-order valence-electron chi connectivity index (χ0n) is 12.8. The fourth-order valence-corrected chi connectivity index (χ4v) is 4.06. The Hall–Kier alpha value is -1.76. The molecule has 1 aromatic rings. The predicted molar refractivity (Wildman–Crippen MR) is 85.3 cm³/mol. The summed E-state index contributed by atoms with van der Waals surface area (Å²) in [6.45, 7) is 0.0321. The number of hydrogen-bond acceptors (Lipinski definition) is 5. The van der Waals surface area contributed by atoms with Crippen molar-refractivity contribution in [2.45, 2.75) is 24.9 Å². The number of methoxy groups -OCH3 is 1. The van der Waals surface area contributed by atoms with Gasteiger partial charge in [0.2, 0.25) is 6.10 Å². The molecule has 0 aromatic heterocycles. The van der Waals surface area contributed by atoms with Gasteiger partial charge in [0.15, 0.2) is 0 Å². The third-order valence-corrected chi connectivity index (χ3v) is 5.28. The maximum Gasteiger partial charge on any atom is 0.415 e. The Morgan fingerprint density at radius 1 is 1.39 bits per heavy atom. The summed E-state index contributed by atoms with van der Waals surface area (Å²) in [7, 11) is 1.23. The average Bonchev–Trinajstić information content (AvgIpc) is 2.96. The maximum absolute atomic E-state index is 14.5. The molecule has 0 aliphatic carbocycles. The van der Waals surface area contributed by atoms with E-state index in [0.717, 1.165) is 24.3 Å². The van der Waals surface area contributed by atoms with Crippen LogP contribution >= 0.6 is 11.8 Å². The first-order valence-corrected chi connectivity index (χ1v) is 8.69. The number of amides is 1. The van der Waals surface area contributed by atoms with E-state index in [4.69, 9.17) is 4.74 Å². The molecule has 0 saturated carbocycles. The number of benzene rings is 1. The Kier molecular flexibility index (Phi) is 4.75. The monoisotopic (exact) mass is 339 g/mol. The molecule has 0 bridgehead atoms. The quantitative estimate of drug-likeness (QED) is 0.793. The second-order valence-corrected chi connectivity index (χ2v) is 6.82. The zero-order chi connectivity index (χ0) is 16.4. The fourth-order valence-electron chi connectivity index (χ4n) is 2.95.